The van der Waals surface area contributed by atoms with E-state index in [2.05, 4.69) is 5.32 Å². The van der Waals surface area contributed by atoms with Gasteiger partial charge in [0.2, 0.25) is 21.8 Å². The van der Waals surface area contributed by atoms with Crippen LogP contribution in [0.1, 0.15) is 63.0 Å². The van der Waals surface area contributed by atoms with Gasteiger partial charge < -0.3 is 15.0 Å². The Morgan fingerprint density at radius 1 is 1.08 bits per heavy atom. The molecule has 0 aliphatic heterocycles. The highest BCUT2D eigenvalue weighted by molar-refractivity contribution is 7.92. The van der Waals surface area contributed by atoms with E-state index in [1.807, 2.05) is 31.2 Å². The molecule has 1 aliphatic rings. The second-order valence-electron chi connectivity index (χ2n) is 10.2. The third-order valence-corrected chi connectivity index (χ3v) is 8.28. The lowest BCUT2D eigenvalue weighted by molar-refractivity contribution is -0.141. The van der Waals surface area contributed by atoms with E-state index in [1.165, 1.54) is 17.8 Å². The Kier molecular flexibility index (Phi) is 10.6. The Bertz CT molecular complexity index is 1180. The van der Waals surface area contributed by atoms with Crippen LogP contribution in [0.2, 0.25) is 0 Å². The number of hydrogen-bond donors (Lipinski definition) is 1. The van der Waals surface area contributed by atoms with Crippen LogP contribution in [-0.4, -0.2) is 57.1 Å². The fourth-order valence-corrected chi connectivity index (χ4v) is 5.77. The molecule has 0 aromatic heterocycles. The molecular formula is C29H41N3O5S. The number of amides is 2. The average Bonchev–Trinajstić information content (AvgIpc) is 2.90. The number of hydrogen-bond acceptors (Lipinski definition) is 5. The number of ether oxygens (including phenoxy) is 1. The normalized spacial score (nSPS) is 14.9. The number of aryl methyl sites for hydroxylation is 1. The van der Waals surface area contributed by atoms with E-state index in [0.717, 1.165) is 43.1 Å². The van der Waals surface area contributed by atoms with Gasteiger partial charge in [-0.05, 0) is 50.8 Å². The standard InChI is InChI=1S/C29H41N3O5S/c1-22-15-17-24(18-16-22)21-31(23(2)29(34)30-25-10-6-5-7-11-25)28(33)14-9-19-32(38(4,35)36)26-12-8-13-27(20-26)37-3/h8,12-13,15-18,20,23,25H,5-7,9-11,14,19,21H2,1-4H3,(H,30,34)/t23-/m0/s1. The number of benzene rings is 2. The molecule has 1 N–H and O–H groups in total. The molecular weight excluding hydrogens is 502 g/mol. The zero-order valence-electron chi connectivity index (χ0n) is 23.0. The van der Waals surface area contributed by atoms with Gasteiger partial charge in [0.15, 0.2) is 0 Å². The summed E-state index contributed by atoms with van der Waals surface area (Å²) < 4.78 is 31.6. The highest BCUT2D eigenvalue weighted by Crippen LogP contribution is 2.24. The summed E-state index contributed by atoms with van der Waals surface area (Å²) in [5.74, 6) is 0.219. The lowest BCUT2D eigenvalue weighted by Crippen LogP contribution is -2.50. The molecule has 0 saturated heterocycles. The average molecular weight is 544 g/mol. The summed E-state index contributed by atoms with van der Waals surface area (Å²) in [4.78, 5) is 28.2. The zero-order chi connectivity index (χ0) is 27.7. The van der Waals surface area contributed by atoms with Gasteiger partial charge in [-0.2, -0.15) is 0 Å². The van der Waals surface area contributed by atoms with Crippen molar-refractivity contribution >= 4 is 27.5 Å². The minimum absolute atomic E-state index is 0.114. The number of carbonyl (C=O) groups is 2. The van der Waals surface area contributed by atoms with Crippen molar-refractivity contribution in [2.75, 3.05) is 24.2 Å². The van der Waals surface area contributed by atoms with Crippen molar-refractivity contribution in [3.05, 3.63) is 59.7 Å². The number of nitrogens with zero attached hydrogens (tertiary/aromatic N) is 2. The Morgan fingerprint density at radius 2 is 1.76 bits per heavy atom. The third kappa shape index (κ3) is 8.48. The zero-order valence-corrected chi connectivity index (χ0v) is 23.8. The van der Waals surface area contributed by atoms with Gasteiger partial charge in [-0.25, -0.2) is 8.42 Å². The van der Waals surface area contributed by atoms with Gasteiger partial charge in [-0.15, -0.1) is 0 Å². The number of anilines is 1. The van der Waals surface area contributed by atoms with Crippen molar-refractivity contribution < 1.29 is 22.7 Å². The summed E-state index contributed by atoms with van der Waals surface area (Å²) in [7, 11) is -2.05. The van der Waals surface area contributed by atoms with Crippen LogP contribution in [-0.2, 0) is 26.2 Å². The Labute approximate surface area is 227 Å². The highest BCUT2D eigenvalue weighted by Gasteiger charge is 2.28. The number of sulfonamides is 1. The smallest absolute Gasteiger partial charge is 0.242 e. The molecule has 2 aromatic rings. The first-order valence-electron chi connectivity index (χ1n) is 13.4. The molecule has 0 radical (unpaired) electrons. The van der Waals surface area contributed by atoms with Crippen LogP contribution in [0.3, 0.4) is 0 Å². The van der Waals surface area contributed by atoms with E-state index < -0.39 is 16.1 Å². The Morgan fingerprint density at radius 3 is 2.39 bits per heavy atom. The molecule has 1 saturated carbocycles. The number of rotatable bonds is 12. The van der Waals surface area contributed by atoms with Crippen LogP contribution in [0.25, 0.3) is 0 Å². The maximum Gasteiger partial charge on any atom is 0.242 e. The van der Waals surface area contributed by atoms with E-state index in [4.69, 9.17) is 4.74 Å². The molecule has 1 atom stereocenters. The van der Waals surface area contributed by atoms with Crippen molar-refractivity contribution in [1.82, 2.24) is 10.2 Å². The van der Waals surface area contributed by atoms with Crippen LogP contribution in [0.15, 0.2) is 48.5 Å². The summed E-state index contributed by atoms with van der Waals surface area (Å²) in [6.07, 6.45) is 6.92. The van der Waals surface area contributed by atoms with Crippen molar-refractivity contribution in [2.24, 2.45) is 0 Å². The molecule has 0 spiro atoms. The summed E-state index contributed by atoms with van der Waals surface area (Å²) in [5, 5.41) is 3.14. The molecule has 2 aromatic carbocycles. The molecule has 0 bridgehead atoms. The molecule has 38 heavy (non-hydrogen) atoms. The predicted octanol–water partition coefficient (Wildman–Crippen LogP) is 4.42. The van der Waals surface area contributed by atoms with E-state index in [9.17, 15) is 18.0 Å². The van der Waals surface area contributed by atoms with Crippen LogP contribution in [0.5, 0.6) is 5.75 Å². The molecule has 2 amide bonds. The van der Waals surface area contributed by atoms with E-state index in [-0.39, 0.29) is 30.8 Å². The quantitative estimate of drug-likeness (QED) is 0.428. The maximum atomic E-state index is 13.5. The first-order chi connectivity index (χ1) is 18.1. The lowest BCUT2D eigenvalue weighted by atomic mass is 9.95. The van der Waals surface area contributed by atoms with Crippen molar-refractivity contribution in [3.63, 3.8) is 0 Å². The fourth-order valence-electron chi connectivity index (χ4n) is 4.81. The van der Waals surface area contributed by atoms with Gasteiger partial charge in [-0.1, -0.05) is 55.2 Å². The van der Waals surface area contributed by atoms with Crippen molar-refractivity contribution in [3.8, 4) is 5.75 Å². The SMILES string of the molecule is COc1cccc(N(CCCC(=O)N(Cc2ccc(C)cc2)[C@@H](C)C(=O)NC2CCCCC2)S(C)(=O)=O)c1. The van der Waals surface area contributed by atoms with Gasteiger partial charge in [0.25, 0.3) is 0 Å². The minimum Gasteiger partial charge on any atom is -0.497 e. The van der Waals surface area contributed by atoms with E-state index in [1.54, 1.807) is 36.1 Å². The monoisotopic (exact) mass is 543 g/mol. The Hall–Kier alpha value is -3.07. The lowest BCUT2D eigenvalue weighted by Gasteiger charge is -2.31. The molecule has 3 rings (SSSR count). The number of methoxy groups -OCH3 is 1. The highest BCUT2D eigenvalue weighted by atomic mass is 32.2. The van der Waals surface area contributed by atoms with Crippen molar-refractivity contribution in [2.45, 2.75) is 77.4 Å². The predicted molar refractivity (Wildman–Crippen MR) is 151 cm³/mol. The van der Waals surface area contributed by atoms with Crippen LogP contribution in [0, 0.1) is 6.92 Å². The number of carbonyl (C=O) groups excluding carboxylic acids is 2. The summed E-state index contributed by atoms with van der Waals surface area (Å²) in [6, 6.07) is 14.3. The third-order valence-electron chi connectivity index (χ3n) is 7.09. The van der Waals surface area contributed by atoms with Gasteiger partial charge in [0, 0.05) is 31.6 Å². The Balaban J connectivity index is 1.71. The molecule has 1 fully saturated rings. The van der Waals surface area contributed by atoms with Crippen LogP contribution < -0.4 is 14.4 Å². The maximum absolute atomic E-state index is 13.5. The molecule has 0 heterocycles. The summed E-state index contributed by atoms with van der Waals surface area (Å²) >= 11 is 0. The molecule has 9 heteroatoms. The first-order valence-corrected chi connectivity index (χ1v) is 15.2. The van der Waals surface area contributed by atoms with Gasteiger partial charge in [0.1, 0.15) is 11.8 Å². The van der Waals surface area contributed by atoms with Gasteiger partial charge in [0.05, 0.1) is 19.1 Å². The van der Waals surface area contributed by atoms with Gasteiger partial charge >= 0.3 is 0 Å². The first kappa shape index (κ1) is 29.5. The summed E-state index contributed by atoms with van der Waals surface area (Å²) in [6.45, 7) is 4.22. The largest absolute Gasteiger partial charge is 0.497 e. The van der Waals surface area contributed by atoms with Crippen LogP contribution in [0.4, 0.5) is 5.69 Å². The summed E-state index contributed by atoms with van der Waals surface area (Å²) in [5.41, 5.74) is 2.54. The van der Waals surface area contributed by atoms with Crippen LogP contribution >= 0.6 is 0 Å². The molecule has 8 nitrogen and oxygen atoms in total. The second kappa shape index (κ2) is 13.6. The minimum atomic E-state index is -3.57. The molecule has 1 aliphatic carbocycles. The fraction of sp³-hybridized carbons (Fsp3) is 0.517. The van der Waals surface area contributed by atoms with Crippen molar-refractivity contribution in [1.29, 1.82) is 0 Å². The second-order valence-corrected chi connectivity index (χ2v) is 12.1. The van der Waals surface area contributed by atoms with E-state index in [0.29, 0.717) is 24.4 Å². The number of nitrogens with one attached hydrogen (secondary N) is 1. The molecule has 0 unspecified atom stereocenters. The van der Waals surface area contributed by atoms with Gasteiger partial charge in [-0.3, -0.25) is 13.9 Å². The topological polar surface area (TPSA) is 96.0 Å². The molecule has 208 valence electrons. The van der Waals surface area contributed by atoms with E-state index >= 15 is 0 Å².